The van der Waals surface area contributed by atoms with Crippen molar-refractivity contribution in [2.75, 3.05) is 0 Å². The average Bonchev–Trinajstić information content (AvgIpc) is 3.28. The number of aromatic nitrogens is 3. The third-order valence-electron chi connectivity index (χ3n) is 11.1. The van der Waals surface area contributed by atoms with Gasteiger partial charge in [0.05, 0.1) is 11.4 Å². The van der Waals surface area contributed by atoms with Crippen molar-refractivity contribution >= 4 is 53.9 Å². The summed E-state index contributed by atoms with van der Waals surface area (Å²) in [6.07, 6.45) is 3.93. The van der Waals surface area contributed by atoms with Crippen LogP contribution in [0, 0.1) is 0 Å². The summed E-state index contributed by atoms with van der Waals surface area (Å²) < 4.78 is 0. The Morgan fingerprint density at radius 2 is 0.750 bits per heavy atom. The number of benzene rings is 9. The zero-order chi connectivity index (χ0) is 37.0. The highest BCUT2D eigenvalue weighted by atomic mass is 14.9. The lowest BCUT2D eigenvalue weighted by Gasteiger charge is -2.18. The minimum absolute atomic E-state index is 0.669. The van der Waals surface area contributed by atoms with E-state index in [-0.39, 0.29) is 0 Å². The van der Waals surface area contributed by atoms with E-state index in [0.29, 0.717) is 5.82 Å². The molecule has 0 spiro atoms. The maximum absolute atomic E-state index is 5.29. The van der Waals surface area contributed by atoms with Crippen LogP contribution in [0.5, 0.6) is 0 Å². The van der Waals surface area contributed by atoms with E-state index in [2.05, 4.69) is 176 Å². The van der Waals surface area contributed by atoms with Gasteiger partial charge < -0.3 is 0 Å². The van der Waals surface area contributed by atoms with Crippen LogP contribution in [0.2, 0.25) is 0 Å². The van der Waals surface area contributed by atoms with E-state index in [1.807, 2.05) is 24.5 Å². The molecule has 11 rings (SSSR count). The van der Waals surface area contributed by atoms with E-state index in [9.17, 15) is 0 Å². The summed E-state index contributed by atoms with van der Waals surface area (Å²) >= 11 is 0. The Hall–Kier alpha value is -7.49. The molecular weight excluding hydrogens is 679 g/mol. The van der Waals surface area contributed by atoms with Gasteiger partial charge in [0, 0.05) is 40.0 Å². The molecule has 2 aromatic heterocycles. The topological polar surface area (TPSA) is 38.7 Å². The van der Waals surface area contributed by atoms with Crippen LogP contribution in [-0.2, 0) is 0 Å². The fraction of sp³-hybridized carbons (Fsp3) is 0. The maximum atomic E-state index is 5.29. The highest BCUT2D eigenvalue weighted by molar-refractivity contribution is 6.33. The van der Waals surface area contributed by atoms with Gasteiger partial charge in [-0.2, -0.15) is 0 Å². The highest BCUT2D eigenvalue weighted by Crippen LogP contribution is 2.44. The first-order valence-corrected chi connectivity index (χ1v) is 19.0. The summed E-state index contributed by atoms with van der Waals surface area (Å²) in [6, 6.07) is 67.0. The second-order valence-electron chi connectivity index (χ2n) is 14.4. The first-order chi connectivity index (χ1) is 27.8. The largest absolute Gasteiger partial charge is 0.263 e. The van der Waals surface area contributed by atoms with Crippen LogP contribution in [-0.4, -0.2) is 15.0 Å². The molecule has 0 amide bonds. The SMILES string of the molecule is c1ccc(-c2cc(-c3ccccc3)nc(-c3cc(-c4cncc5ccccc45)cc(-c4cc5c6ccccc6c6ccccc6c5c5ccccc45)c3)n2)cc1. The molecule has 0 saturated heterocycles. The molecule has 0 radical (unpaired) electrons. The Morgan fingerprint density at radius 1 is 0.286 bits per heavy atom. The molecule has 0 unspecified atom stereocenters. The number of rotatable bonds is 5. The van der Waals surface area contributed by atoms with Crippen LogP contribution >= 0.6 is 0 Å². The number of fused-ring (bicyclic) bond motifs is 9. The van der Waals surface area contributed by atoms with E-state index in [1.165, 1.54) is 43.1 Å². The van der Waals surface area contributed by atoms with Gasteiger partial charge in [-0.3, -0.25) is 4.98 Å². The molecular formula is C53H33N3. The van der Waals surface area contributed by atoms with E-state index in [1.54, 1.807) is 0 Å². The average molecular weight is 712 g/mol. The van der Waals surface area contributed by atoms with Crippen LogP contribution in [0.25, 0.3) is 110 Å². The van der Waals surface area contributed by atoms with E-state index < -0.39 is 0 Å². The first kappa shape index (κ1) is 32.0. The van der Waals surface area contributed by atoms with Gasteiger partial charge in [-0.25, -0.2) is 9.97 Å². The quantitative estimate of drug-likeness (QED) is 0.167. The molecule has 0 N–H and O–H groups in total. The summed E-state index contributed by atoms with van der Waals surface area (Å²) in [7, 11) is 0. The lowest BCUT2D eigenvalue weighted by molar-refractivity contribution is 1.18. The fourth-order valence-corrected chi connectivity index (χ4v) is 8.51. The van der Waals surface area contributed by atoms with Crippen molar-refractivity contribution in [1.82, 2.24) is 15.0 Å². The lowest BCUT2D eigenvalue weighted by atomic mass is 9.86. The van der Waals surface area contributed by atoms with Crippen LogP contribution < -0.4 is 0 Å². The van der Waals surface area contributed by atoms with Crippen molar-refractivity contribution in [3.63, 3.8) is 0 Å². The molecule has 0 aliphatic carbocycles. The molecule has 3 heteroatoms. The molecule has 3 nitrogen and oxygen atoms in total. The van der Waals surface area contributed by atoms with Crippen molar-refractivity contribution in [2.45, 2.75) is 0 Å². The zero-order valence-corrected chi connectivity index (χ0v) is 30.4. The molecule has 2 heterocycles. The number of hydrogen-bond donors (Lipinski definition) is 0. The van der Waals surface area contributed by atoms with Crippen LogP contribution in [0.3, 0.4) is 0 Å². The van der Waals surface area contributed by atoms with Gasteiger partial charge in [-0.1, -0.05) is 158 Å². The Balaban J connectivity index is 1.24. The second-order valence-corrected chi connectivity index (χ2v) is 14.4. The normalized spacial score (nSPS) is 11.6. The molecule has 9 aromatic carbocycles. The van der Waals surface area contributed by atoms with Crippen LogP contribution in [0.15, 0.2) is 200 Å². The maximum Gasteiger partial charge on any atom is 0.160 e. The molecule has 0 fully saturated rings. The van der Waals surface area contributed by atoms with Crippen molar-refractivity contribution in [3.8, 4) is 56.2 Å². The summed E-state index contributed by atoms with van der Waals surface area (Å²) in [4.78, 5) is 15.3. The number of hydrogen-bond acceptors (Lipinski definition) is 3. The van der Waals surface area contributed by atoms with Gasteiger partial charge >= 0.3 is 0 Å². The summed E-state index contributed by atoms with van der Waals surface area (Å²) in [5.41, 5.74) is 9.16. The first-order valence-electron chi connectivity index (χ1n) is 19.0. The lowest BCUT2D eigenvalue weighted by Crippen LogP contribution is -1.97. The molecule has 11 aromatic rings. The van der Waals surface area contributed by atoms with Gasteiger partial charge in [0.25, 0.3) is 0 Å². The molecule has 56 heavy (non-hydrogen) atoms. The Labute approximate surface area is 324 Å². The molecule has 0 saturated carbocycles. The number of nitrogens with zero attached hydrogens (tertiary/aromatic N) is 3. The van der Waals surface area contributed by atoms with E-state index >= 15 is 0 Å². The monoisotopic (exact) mass is 711 g/mol. The Kier molecular flexibility index (Phi) is 7.49. The second kappa shape index (κ2) is 13.1. The summed E-state index contributed by atoms with van der Waals surface area (Å²) in [6.45, 7) is 0. The Morgan fingerprint density at radius 3 is 1.39 bits per heavy atom. The van der Waals surface area contributed by atoms with Gasteiger partial charge in [0.1, 0.15) is 0 Å². The van der Waals surface area contributed by atoms with Crippen molar-refractivity contribution in [2.24, 2.45) is 0 Å². The van der Waals surface area contributed by atoms with Crippen molar-refractivity contribution < 1.29 is 0 Å². The molecule has 0 bridgehead atoms. The van der Waals surface area contributed by atoms with Crippen LogP contribution in [0.1, 0.15) is 0 Å². The van der Waals surface area contributed by atoms with Gasteiger partial charge in [-0.05, 0) is 95.5 Å². The minimum Gasteiger partial charge on any atom is -0.263 e. The third-order valence-corrected chi connectivity index (χ3v) is 11.1. The third kappa shape index (κ3) is 5.32. The van der Waals surface area contributed by atoms with E-state index in [4.69, 9.17) is 15.0 Å². The van der Waals surface area contributed by atoms with Gasteiger partial charge in [0.15, 0.2) is 5.82 Å². The predicted molar refractivity (Wildman–Crippen MR) is 235 cm³/mol. The summed E-state index contributed by atoms with van der Waals surface area (Å²) in [5, 5.41) is 12.2. The molecule has 0 atom stereocenters. The molecule has 260 valence electrons. The number of pyridine rings is 1. The predicted octanol–water partition coefficient (Wildman–Crippen LogP) is 14.0. The van der Waals surface area contributed by atoms with Gasteiger partial charge in [0.2, 0.25) is 0 Å². The smallest absolute Gasteiger partial charge is 0.160 e. The Bertz CT molecular complexity index is 3240. The van der Waals surface area contributed by atoms with Crippen molar-refractivity contribution in [1.29, 1.82) is 0 Å². The summed E-state index contributed by atoms with van der Waals surface area (Å²) in [5.74, 6) is 0.669. The van der Waals surface area contributed by atoms with Crippen LogP contribution in [0.4, 0.5) is 0 Å². The molecule has 0 aliphatic rings. The molecule has 0 aliphatic heterocycles. The standard InChI is InChI=1S/C53H33N3/c1-3-15-34(16-4-1)50-31-51(35-17-5-2-6-18-35)56-53(55-50)39-28-37(27-38(29-39)49-33-54-32-36-19-7-8-20-40(36)49)47-30-48-43-23-10-9-21-41(43)42-22-11-13-25-45(42)52(48)46-26-14-12-24-44(46)47/h1-33H. The van der Waals surface area contributed by atoms with Gasteiger partial charge in [-0.15, -0.1) is 0 Å². The highest BCUT2D eigenvalue weighted by Gasteiger charge is 2.19. The fourth-order valence-electron chi connectivity index (χ4n) is 8.51. The van der Waals surface area contributed by atoms with E-state index in [0.717, 1.165) is 61.1 Å². The van der Waals surface area contributed by atoms with Crippen molar-refractivity contribution in [3.05, 3.63) is 200 Å². The zero-order valence-electron chi connectivity index (χ0n) is 30.4. The minimum atomic E-state index is 0.669.